The van der Waals surface area contributed by atoms with Crippen LogP contribution in [-0.4, -0.2) is 53.8 Å². The number of ether oxygens (including phenoxy) is 2. The highest BCUT2D eigenvalue weighted by Gasteiger charge is 2.48. The maximum Gasteiger partial charge on any atom is 0.326 e. The number of hydrogen-bond acceptors (Lipinski definition) is 8. The molecule has 3 rings (SSSR count). The average Bonchev–Trinajstić information content (AvgIpc) is 2.98. The molecule has 11 nitrogen and oxygen atoms in total. The molecule has 1 aromatic rings. The molecule has 1 aromatic carbocycles. The number of benzene rings is 1. The molecule has 1 saturated heterocycles. The Kier molecular flexibility index (Phi) is 6.52. The lowest BCUT2D eigenvalue weighted by Crippen LogP contribution is -2.37. The SMILES string of the molecule is COc1cc(NC(=O)COC(=O)CN2C(=O)[C@H]3CCCC[C@@H]3C2=O)c(C)cc1[N+](=O)[O-]. The van der Waals surface area contributed by atoms with Crippen LogP contribution < -0.4 is 10.1 Å². The minimum Gasteiger partial charge on any atom is -0.490 e. The van der Waals surface area contributed by atoms with Crippen LogP contribution >= 0.6 is 0 Å². The van der Waals surface area contributed by atoms with E-state index in [1.165, 1.54) is 19.2 Å². The summed E-state index contributed by atoms with van der Waals surface area (Å²) in [6, 6.07) is 2.56. The predicted octanol–water partition coefficient (Wildman–Crippen LogP) is 1.57. The van der Waals surface area contributed by atoms with E-state index in [1.807, 2.05) is 0 Å². The van der Waals surface area contributed by atoms with Crippen molar-refractivity contribution in [1.29, 1.82) is 0 Å². The van der Waals surface area contributed by atoms with Crippen molar-refractivity contribution in [2.45, 2.75) is 32.6 Å². The van der Waals surface area contributed by atoms with Crippen molar-refractivity contribution in [3.05, 3.63) is 27.8 Å². The van der Waals surface area contributed by atoms with Gasteiger partial charge in [-0.1, -0.05) is 12.8 Å². The van der Waals surface area contributed by atoms with Crippen LogP contribution in [0.15, 0.2) is 12.1 Å². The number of nitrogens with zero attached hydrogens (tertiary/aromatic N) is 2. The summed E-state index contributed by atoms with van der Waals surface area (Å²) in [7, 11) is 1.27. The number of fused-ring (bicyclic) bond motifs is 1. The van der Waals surface area contributed by atoms with Gasteiger partial charge in [-0.25, -0.2) is 0 Å². The molecule has 0 spiro atoms. The Bertz CT molecular complexity index is 921. The van der Waals surface area contributed by atoms with E-state index in [0.717, 1.165) is 17.7 Å². The number of nitro benzene ring substituents is 1. The highest BCUT2D eigenvalue weighted by molar-refractivity contribution is 6.07. The molecule has 3 amide bonds. The van der Waals surface area contributed by atoms with Crippen LogP contribution in [0.25, 0.3) is 0 Å². The zero-order chi connectivity index (χ0) is 22.7. The topological polar surface area (TPSA) is 145 Å². The first-order chi connectivity index (χ1) is 14.7. The Morgan fingerprint density at radius 3 is 2.35 bits per heavy atom. The minimum absolute atomic E-state index is 0.0320. The van der Waals surface area contributed by atoms with Crippen molar-refractivity contribution in [2.24, 2.45) is 11.8 Å². The Morgan fingerprint density at radius 1 is 1.19 bits per heavy atom. The number of rotatable bonds is 7. The first kappa shape index (κ1) is 22.2. The molecule has 2 aliphatic rings. The van der Waals surface area contributed by atoms with Gasteiger partial charge in [-0.15, -0.1) is 0 Å². The summed E-state index contributed by atoms with van der Waals surface area (Å²) in [4.78, 5) is 60.4. The normalized spacial score (nSPS) is 20.3. The van der Waals surface area contributed by atoms with Gasteiger partial charge >= 0.3 is 11.7 Å². The second-order valence-corrected chi connectivity index (χ2v) is 7.57. The second-order valence-electron chi connectivity index (χ2n) is 7.57. The van der Waals surface area contributed by atoms with E-state index in [1.54, 1.807) is 6.92 Å². The molecule has 1 heterocycles. The summed E-state index contributed by atoms with van der Waals surface area (Å²) in [5.41, 5.74) is 0.436. The molecule has 166 valence electrons. The van der Waals surface area contributed by atoms with Crippen molar-refractivity contribution in [2.75, 3.05) is 25.6 Å². The number of esters is 1. The molecule has 1 N–H and O–H groups in total. The third kappa shape index (κ3) is 4.65. The van der Waals surface area contributed by atoms with E-state index in [-0.39, 0.29) is 40.8 Å². The van der Waals surface area contributed by atoms with E-state index >= 15 is 0 Å². The molecule has 1 aliphatic heterocycles. The standard InChI is InChI=1S/C20H23N3O8/c1-11-7-15(23(28)29)16(30-2)8-14(11)21-17(24)10-31-18(25)9-22-19(26)12-5-3-4-6-13(12)20(22)27/h7-8,12-13H,3-6,9-10H2,1-2H3,(H,21,24)/t12-,13-/m0/s1. The van der Waals surface area contributed by atoms with Gasteiger partial charge < -0.3 is 14.8 Å². The highest BCUT2D eigenvalue weighted by Crippen LogP contribution is 2.38. The Labute approximate surface area is 177 Å². The number of imide groups is 1. The van der Waals surface area contributed by atoms with Crippen molar-refractivity contribution in [3.8, 4) is 5.75 Å². The summed E-state index contributed by atoms with van der Waals surface area (Å²) in [5, 5.41) is 13.5. The molecule has 1 saturated carbocycles. The first-order valence-corrected chi connectivity index (χ1v) is 9.86. The lowest BCUT2D eigenvalue weighted by atomic mass is 9.81. The molecular weight excluding hydrogens is 410 g/mol. The van der Waals surface area contributed by atoms with Crippen LogP contribution in [-0.2, 0) is 23.9 Å². The van der Waals surface area contributed by atoms with E-state index in [4.69, 9.17) is 9.47 Å². The fourth-order valence-electron chi connectivity index (χ4n) is 4.01. The zero-order valence-electron chi connectivity index (χ0n) is 17.2. The van der Waals surface area contributed by atoms with Gasteiger partial charge in [0.25, 0.3) is 5.91 Å². The number of carbonyl (C=O) groups excluding carboxylic acids is 4. The summed E-state index contributed by atoms with van der Waals surface area (Å²) in [6.45, 7) is 0.404. The molecule has 11 heteroatoms. The number of methoxy groups -OCH3 is 1. The van der Waals surface area contributed by atoms with E-state index in [0.29, 0.717) is 18.4 Å². The molecule has 2 fully saturated rings. The van der Waals surface area contributed by atoms with Crippen molar-refractivity contribution < 1.29 is 33.6 Å². The van der Waals surface area contributed by atoms with Crippen LogP contribution in [0.3, 0.4) is 0 Å². The summed E-state index contributed by atoms with van der Waals surface area (Å²) in [6.07, 6.45) is 3.04. The Morgan fingerprint density at radius 2 is 1.81 bits per heavy atom. The molecule has 1 aliphatic carbocycles. The number of anilines is 1. The molecular formula is C20H23N3O8. The largest absolute Gasteiger partial charge is 0.490 e. The molecule has 2 atom stereocenters. The molecule has 0 unspecified atom stereocenters. The van der Waals surface area contributed by atoms with Gasteiger partial charge in [-0.3, -0.25) is 34.2 Å². The van der Waals surface area contributed by atoms with Crippen molar-refractivity contribution in [3.63, 3.8) is 0 Å². The number of amides is 3. The Balaban J connectivity index is 1.55. The van der Waals surface area contributed by atoms with E-state index < -0.39 is 30.0 Å². The van der Waals surface area contributed by atoms with Crippen LogP contribution in [0, 0.1) is 28.9 Å². The summed E-state index contributed by atoms with van der Waals surface area (Å²) < 4.78 is 9.88. The lowest BCUT2D eigenvalue weighted by Gasteiger charge is -2.19. The smallest absolute Gasteiger partial charge is 0.326 e. The molecule has 0 radical (unpaired) electrons. The van der Waals surface area contributed by atoms with Crippen LogP contribution in [0.1, 0.15) is 31.2 Å². The van der Waals surface area contributed by atoms with Crippen molar-refractivity contribution in [1.82, 2.24) is 4.90 Å². The Hall–Kier alpha value is -3.50. The van der Waals surface area contributed by atoms with Gasteiger partial charge in [0.1, 0.15) is 6.54 Å². The number of carbonyl (C=O) groups is 4. The third-order valence-electron chi connectivity index (χ3n) is 5.58. The maximum absolute atomic E-state index is 12.4. The van der Waals surface area contributed by atoms with Gasteiger partial charge in [-0.05, 0) is 25.3 Å². The number of likely N-dealkylation sites (tertiary alicyclic amines) is 1. The van der Waals surface area contributed by atoms with Gasteiger partial charge in [0.05, 0.1) is 23.9 Å². The van der Waals surface area contributed by atoms with Crippen LogP contribution in [0.2, 0.25) is 0 Å². The molecule has 31 heavy (non-hydrogen) atoms. The summed E-state index contributed by atoms with van der Waals surface area (Å²) in [5.74, 6) is -3.02. The van der Waals surface area contributed by atoms with Crippen molar-refractivity contribution >= 4 is 35.1 Å². The van der Waals surface area contributed by atoms with Gasteiger partial charge in [0, 0.05) is 17.8 Å². The summed E-state index contributed by atoms with van der Waals surface area (Å²) >= 11 is 0. The number of hydrogen-bond donors (Lipinski definition) is 1. The van der Waals surface area contributed by atoms with E-state index in [9.17, 15) is 29.3 Å². The average molecular weight is 433 g/mol. The third-order valence-corrected chi connectivity index (χ3v) is 5.58. The first-order valence-electron chi connectivity index (χ1n) is 9.86. The number of nitrogens with one attached hydrogen (secondary N) is 1. The number of nitro groups is 1. The molecule has 0 aromatic heterocycles. The highest BCUT2D eigenvalue weighted by atomic mass is 16.6. The second kappa shape index (κ2) is 9.11. The number of aryl methyl sites for hydroxylation is 1. The predicted molar refractivity (Wildman–Crippen MR) is 106 cm³/mol. The fraction of sp³-hybridized carbons (Fsp3) is 0.500. The molecule has 0 bridgehead atoms. The maximum atomic E-state index is 12.4. The van der Waals surface area contributed by atoms with Gasteiger partial charge in [0.15, 0.2) is 12.4 Å². The fourth-order valence-corrected chi connectivity index (χ4v) is 4.01. The zero-order valence-corrected chi connectivity index (χ0v) is 17.2. The quantitative estimate of drug-likeness (QED) is 0.295. The van der Waals surface area contributed by atoms with Crippen LogP contribution in [0.5, 0.6) is 5.75 Å². The lowest BCUT2D eigenvalue weighted by molar-refractivity contribution is -0.385. The minimum atomic E-state index is -0.867. The van der Waals surface area contributed by atoms with E-state index in [2.05, 4.69) is 5.32 Å². The monoisotopic (exact) mass is 433 g/mol. The van der Waals surface area contributed by atoms with Crippen LogP contribution in [0.4, 0.5) is 11.4 Å². The van der Waals surface area contributed by atoms with Gasteiger partial charge in [-0.2, -0.15) is 0 Å². The van der Waals surface area contributed by atoms with Gasteiger partial charge in [0.2, 0.25) is 11.8 Å².